The first-order chi connectivity index (χ1) is 14.3. The highest BCUT2D eigenvalue weighted by molar-refractivity contribution is 5.91. The van der Waals surface area contributed by atoms with E-state index in [0.29, 0.717) is 22.9 Å². The second-order valence-corrected chi connectivity index (χ2v) is 6.81. The fraction of sp³-hybridized carbons (Fsp3) is 0.227. The van der Waals surface area contributed by atoms with Crippen LogP contribution in [0.3, 0.4) is 0 Å². The molecule has 0 saturated heterocycles. The molecule has 8 heteroatoms. The molecule has 156 valence electrons. The maximum absolute atomic E-state index is 12.6. The average molecular weight is 409 g/mol. The molecule has 0 aliphatic heterocycles. The van der Waals surface area contributed by atoms with E-state index in [1.165, 1.54) is 31.2 Å². The van der Waals surface area contributed by atoms with Gasteiger partial charge in [0.1, 0.15) is 6.54 Å². The molecule has 0 aliphatic carbocycles. The first-order valence-corrected chi connectivity index (χ1v) is 9.25. The van der Waals surface area contributed by atoms with E-state index in [4.69, 9.17) is 9.47 Å². The number of hydrogen-bond acceptors (Lipinski definition) is 5. The Bertz CT molecular complexity index is 1210. The molecule has 0 saturated carbocycles. The first kappa shape index (κ1) is 20.9. The van der Waals surface area contributed by atoms with E-state index in [9.17, 15) is 14.4 Å². The second kappa shape index (κ2) is 8.69. The van der Waals surface area contributed by atoms with Crippen LogP contribution in [-0.4, -0.2) is 29.3 Å². The van der Waals surface area contributed by atoms with Crippen LogP contribution in [0.2, 0.25) is 0 Å². The number of nitrogens with one attached hydrogen (secondary N) is 1. The van der Waals surface area contributed by atoms with Crippen LogP contribution in [0.5, 0.6) is 11.5 Å². The Morgan fingerprint density at radius 3 is 2.37 bits per heavy atom. The highest BCUT2D eigenvalue weighted by atomic mass is 16.5. The van der Waals surface area contributed by atoms with Crippen molar-refractivity contribution < 1.29 is 14.3 Å². The van der Waals surface area contributed by atoms with E-state index in [1.807, 2.05) is 32.0 Å². The first-order valence-electron chi connectivity index (χ1n) is 9.25. The third kappa shape index (κ3) is 4.27. The van der Waals surface area contributed by atoms with Gasteiger partial charge in [-0.05, 0) is 43.2 Å². The average Bonchev–Trinajstić information content (AvgIpc) is 2.73. The number of anilines is 1. The molecular weight excluding hydrogens is 386 g/mol. The Kier molecular flexibility index (Phi) is 6.06. The van der Waals surface area contributed by atoms with Crippen molar-refractivity contribution in [2.24, 2.45) is 0 Å². The summed E-state index contributed by atoms with van der Waals surface area (Å²) in [5.74, 6) is 0.541. The number of benzene rings is 2. The summed E-state index contributed by atoms with van der Waals surface area (Å²) in [4.78, 5) is 37.6. The van der Waals surface area contributed by atoms with Crippen LogP contribution in [-0.2, 0) is 11.3 Å². The van der Waals surface area contributed by atoms with Crippen molar-refractivity contribution in [3.63, 3.8) is 0 Å². The number of hydrogen-bond donors (Lipinski definition) is 1. The quantitative estimate of drug-likeness (QED) is 0.631. The fourth-order valence-electron chi connectivity index (χ4n) is 3.03. The van der Waals surface area contributed by atoms with E-state index >= 15 is 0 Å². The van der Waals surface area contributed by atoms with Gasteiger partial charge < -0.3 is 14.8 Å². The van der Waals surface area contributed by atoms with Gasteiger partial charge in [0.2, 0.25) is 5.91 Å². The maximum Gasteiger partial charge on any atom is 0.320 e. The molecule has 0 radical (unpaired) electrons. The normalized spacial score (nSPS) is 10.5. The molecule has 0 aliphatic rings. The minimum atomic E-state index is -0.802. The second-order valence-electron chi connectivity index (χ2n) is 6.81. The third-order valence-corrected chi connectivity index (χ3v) is 4.68. The Balaban J connectivity index is 1.86. The molecule has 3 rings (SSSR count). The zero-order valence-electron chi connectivity index (χ0n) is 17.3. The molecule has 1 amide bonds. The molecular formula is C22H23N3O5. The molecule has 1 heterocycles. The number of rotatable bonds is 6. The molecule has 1 aromatic heterocycles. The van der Waals surface area contributed by atoms with Crippen molar-refractivity contribution in [2.75, 3.05) is 19.5 Å². The maximum atomic E-state index is 12.6. The number of carbonyl (C=O) groups excluding carboxylic acids is 1. The van der Waals surface area contributed by atoms with E-state index in [0.717, 1.165) is 15.7 Å². The van der Waals surface area contributed by atoms with Gasteiger partial charge in [0.15, 0.2) is 11.5 Å². The van der Waals surface area contributed by atoms with Crippen LogP contribution >= 0.6 is 0 Å². The van der Waals surface area contributed by atoms with Gasteiger partial charge in [0.05, 0.1) is 19.9 Å². The van der Waals surface area contributed by atoms with Gasteiger partial charge in [0.25, 0.3) is 0 Å². The summed E-state index contributed by atoms with van der Waals surface area (Å²) in [5.41, 5.74) is 1.46. The topological polar surface area (TPSA) is 91.6 Å². The van der Waals surface area contributed by atoms with Crippen molar-refractivity contribution in [1.82, 2.24) is 9.13 Å². The highest BCUT2D eigenvalue weighted by Crippen LogP contribution is 2.28. The van der Waals surface area contributed by atoms with Crippen LogP contribution in [0.15, 0.2) is 58.4 Å². The summed E-state index contributed by atoms with van der Waals surface area (Å²) in [6, 6.07) is 10.6. The molecule has 1 N–H and O–H groups in total. The molecule has 2 aromatic carbocycles. The summed E-state index contributed by atoms with van der Waals surface area (Å²) in [5, 5.41) is 2.78. The van der Waals surface area contributed by atoms with Gasteiger partial charge in [-0.1, -0.05) is 12.1 Å². The molecule has 30 heavy (non-hydrogen) atoms. The lowest BCUT2D eigenvalue weighted by molar-refractivity contribution is -0.116. The minimum absolute atomic E-state index is 0.270. The smallest absolute Gasteiger partial charge is 0.320 e. The molecule has 0 unspecified atom stereocenters. The number of aryl methyl sites for hydroxylation is 2. The SMILES string of the molecule is COc1ccc(-n2ccn(CC(=O)Nc3cc(C)ccc3C)c(=O)c2=O)cc1OC. The van der Waals surface area contributed by atoms with Crippen LogP contribution in [0.4, 0.5) is 5.69 Å². The van der Waals surface area contributed by atoms with Crippen LogP contribution in [0.1, 0.15) is 11.1 Å². The Morgan fingerprint density at radius 2 is 1.67 bits per heavy atom. The monoisotopic (exact) mass is 409 g/mol. The summed E-state index contributed by atoms with van der Waals surface area (Å²) >= 11 is 0. The number of nitrogens with zero attached hydrogens (tertiary/aromatic N) is 2. The number of amides is 1. The standard InChI is InChI=1S/C22H23N3O5/c1-14-5-6-15(2)17(11-14)23-20(26)13-24-9-10-25(22(28)21(24)27)16-7-8-18(29-3)19(12-16)30-4/h5-12H,13H2,1-4H3,(H,23,26). The Morgan fingerprint density at radius 1 is 0.933 bits per heavy atom. The van der Waals surface area contributed by atoms with E-state index in [-0.39, 0.29) is 6.54 Å². The van der Waals surface area contributed by atoms with Gasteiger partial charge in [-0.3, -0.25) is 23.5 Å². The van der Waals surface area contributed by atoms with Crippen LogP contribution < -0.4 is 25.9 Å². The predicted octanol–water partition coefficient (Wildman–Crippen LogP) is 2.27. The van der Waals surface area contributed by atoms with Crippen molar-refractivity contribution in [2.45, 2.75) is 20.4 Å². The number of aromatic nitrogens is 2. The van der Waals surface area contributed by atoms with Crippen LogP contribution in [0, 0.1) is 13.8 Å². The number of methoxy groups -OCH3 is 2. The minimum Gasteiger partial charge on any atom is -0.493 e. The lowest BCUT2D eigenvalue weighted by atomic mass is 10.1. The molecule has 0 fully saturated rings. The third-order valence-electron chi connectivity index (χ3n) is 4.68. The molecule has 3 aromatic rings. The molecule has 8 nitrogen and oxygen atoms in total. The lowest BCUT2D eigenvalue weighted by Crippen LogP contribution is -2.41. The van der Waals surface area contributed by atoms with Crippen molar-refractivity contribution >= 4 is 11.6 Å². The zero-order valence-corrected chi connectivity index (χ0v) is 17.3. The van der Waals surface area contributed by atoms with Gasteiger partial charge in [0, 0.05) is 24.1 Å². The summed E-state index contributed by atoms with van der Waals surface area (Å²) in [6.07, 6.45) is 2.85. The Labute approximate surface area is 173 Å². The fourth-order valence-corrected chi connectivity index (χ4v) is 3.03. The van der Waals surface area contributed by atoms with E-state index in [2.05, 4.69) is 5.32 Å². The summed E-state index contributed by atoms with van der Waals surface area (Å²) in [6.45, 7) is 3.53. The van der Waals surface area contributed by atoms with E-state index in [1.54, 1.807) is 18.2 Å². The highest BCUT2D eigenvalue weighted by Gasteiger charge is 2.13. The zero-order chi connectivity index (χ0) is 21.8. The molecule has 0 spiro atoms. The van der Waals surface area contributed by atoms with Crippen molar-refractivity contribution in [3.05, 3.63) is 80.6 Å². The van der Waals surface area contributed by atoms with Gasteiger partial charge in [-0.25, -0.2) is 0 Å². The number of carbonyl (C=O) groups is 1. The lowest BCUT2D eigenvalue weighted by Gasteiger charge is -2.13. The molecule has 0 bridgehead atoms. The van der Waals surface area contributed by atoms with E-state index < -0.39 is 17.0 Å². The summed E-state index contributed by atoms with van der Waals surface area (Å²) in [7, 11) is 2.99. The predicted molar refractivity (Wildman–Crippen MR) is 114 cm³/mol. The number of ether oxygens (including phenoxy) is 2. The van der Waals surface area contributed by atoms with Gasteiger partial charge in [-0.15, -0.1) is 0 Å². The Hall–Kier alpha value is -3.81. The molecule has 0 atom stereocenters. The largest absolute Gasteiger partial charge is 0.493 e. The van der Waals surface area contributed by atoms with Gasteiger partial charge in [-0.2, -0.15) is 0 Å². The van der Waals surface area contributed by atoms with Crippen molar-refractivity contribution in [1.29, 1.82) is 0 Å². The summed E-state index contributed by atoms with van der Waals surface area (Å²) < 4.78 is 12.7. The van der Waals surface area contributed by atoms with Crippen LogP contribution in [0.25, 0.3) is 5.69 Å². The van der Waals surface area contributed by atoms with Gasteiger partial charge >= 0.3 is 11.1 Å². The van der Waals surface area contributed by atoms with Crippen molar-refractivity contribution in [3.8, 4) is 17.2 Å².